The SMILES string of the molecule is C.CCCC(=O)Nc1cncc(-c2ccc3[nH]nc(-c4nc5c(-c6cc(F)cc(CCS(C)(=O)=O)c6)cccc5[nH]4)c3c2)c1.Cc1ccc(-c2cccc3[nH]c(-c4n[nH]c5ccc(-c6cncc(NC(=O)C(C)C)c6)cc45)nc23)s1.Fc1cccc(-c2cccc3[nH]c(-c4n[nH]c5ccc(-c6cn[nH]c6)cc45)nc23)c1.Oc1cncc(-c2ccc3[nH]nc(-c4nc5c(-c6cccc(F)c6)cccc5[nH]4)c3c2)c1. The third-order valence-electron chi connectivity index (χ3n) is 24.1. The van der Waals surface area contributed by atoms with Crippen molar-refractivity contribution in [1.82, 2.24) is 106 Å². The summed E-state index contributed by atoms with van der Waals surface area (Å²) in [5.74, 6) is 1.37. The Morgan fingerprint density at radius 1 is 0.408 bits per heavy atom. The van der Waals surface area contributed by atoms with Gasteiger partial charge in [-0.2, -0.15) is 25.5 Å². The molecule has 33 heteroatoms. The first-order valence-corrected chi connectivity index (χ1v) is 48.0. The highest BCUT2D eigenvalue weighted by atomic mass is 32.2. The molecule has 0 unspecified atom stereocenters. The smallest absolute Gasteiger partial charge is 0.226 e. The molecule has 13 aromatic heterocycles. The summed E-state index contributed by atoms with van der Waals surface area (Å²) < 4.78 is 65.5. The summed E-state index contributed by atoms with van der Waals surface area (Å²) in [6.07, 6.45) is 16.2. The zero-order valence-corrected chi connectivity index (χ0v) is 77.6. The van der Waals surface area contributed by atoms with E-state index >= 15 is 0 Å². The molecular weight excluding hydrogens is 1830 g/mol. The van der Waals surface area contributed by atoms with E-state index in [0.717, 1.165) is 172 Å². The summed E-state index contributed by atoms with van der Waals surface area (Å²) in [5, 5.41) is 56.5. The average molecular weight is 1920 g/mol. The van der Waals surface area contributed by atoms with E-state index in [4.69, 9.17) is 19.9 Å². The van der Waals surface area contributed by atoms with E-state index in [2.05, 4.69) is 134 Å². The van der Waals surface area contributed by atoms with Gasteiger partial charge in [0, 0.05) is 119 Å². The number of aromatic hydroxyl groups is 1. The lowest BCUT2D eigenvalue weighted by atomic mass is 10.0. The van der Waals surface area contributed by atoms with Crippen molar-refractivity contribution in [2.75, 3.05) is 22.6 Å². The molecule has 0 spiro atoms. The summed E-state index contributed by atoms with van der Waals surface area (Å²) in [4.78, 5) is 72.4. The number of benzene rings is 11. The molecule has 13 heterocycles. The molecule has 24 aromatic rings. The minimum atomic E-state index is -3.19. The van der Waals surface area contributed by atoms with Crippen LogP contribution in [0, 0.1) is 30.3 Å². The van der Waals surface area contributed by atoms with Gasteiger partial charge in [-0.3, -0.25) is 50.0 Å². The van der Waals surface area contributed by atoms with Gasteiger partial charge >= 0.3 is 0 Å². The number of anilines is 2. The Morgan fingerprint density at radius 3 is 1.23 bits per heavy atom. The van der Waals surface area contributed by atoms with Crippen LogP contribution in [0.15, 0.2) is 292 Å². The molecule has 0 bridgehead atoms. The number of aryl methyl sites for hydroxylation is 2. The summed E-state index contributed by atoms with van der Waals surface area (Å²) in [7, 11) is -3.19. The van der Waals surface area contributed by atoms with Crippen molar-refractivity contribution in [3.05, 3.63) is 320 Å². The predicted molar refractivity (Wildman–Crippen MR) is 555 cm³/mol. The molecule has 0 aliphatic heterocycles. The molecular formula is C109H88F3N23O5S2. The van der Waals surface area contributed by atoms with E-state index in [0.29, 0.717) is 74.7 Å². The number of thiophene rings is 1. The number of nitrogens with one attached hydrogen (secondary N) is 11. The van der Waals surface area contributed by atoms with Crippen LogP contribution in [0.4, 0.5) is 24.5 Å². The minimum absolute atomic E-state index is 0. The molecule has 0 fully saturated rings. The number of carbonyl (C=O) groups excluding carboxylic acids is 2. The Labute approximate surface area is 812 Å². The fourth-order valence-electron chi connectivity index (χ4n) is 17.2. The average Bonchev–Trinajstić information content (AvgIpc) is 1.62. The highest BCUT2D eigenvalue weighted by molar-refractivity contribution is 7.90. The van der Waals surface area contributed by atoms with E-state index in [1.54, 1.807) is 72.8 Å². The first-order valence-electron chi connectivity index (χ1n) is 45.1. The Balaban J connectivity index is 0.000000117. The maximum atomic E-state index is 14.6. The van der Waals surface area contributed by atoms with Crippen LogP contribution < -0.4 is 10.6 Å². The molecule has 2 amide bonds. The van der Waals surface area contributed by atoms with E-state index < -0.39 is 15.7 Å². The van der Waals surface area contributed by atoms with E-state index in [9.17, 15) is 36.3 Å². The zero-order chi connectivity index (χ0) is 96.7. The number of amides is 2. The van der Waals surface area contributed by atoms with Crippen molar-refractivity contribution >= 4 is 132 Å². The van der Waals surface area contributed by atoms with Gasteiger partial charge in [0.1, 0.15) is 55.8 Å². The number of rotatable bonds is 20. The molecule has 142 heavy (non-hydrogen) atoms. The Hall–Kier alpha value is -18.0. The number of pyridine rings is 3. The van der Waals surface area contributed by atoms with Crippen LogP contribution in [-0.4, -0.2) is 143 Å². The van der Waals surface area contributed by atoms with Crippen molar-refractivity contribution in [1.29, 1.82) is 0 Å². The number of imidazole rings is 4. The molecule has 0 saturated carbocycles. The highest BCUT2D eigenvalue weighted by Crippen LogP contribution is 2.42. The van der Waals surface area contributed by atoms with Gasteiger partial charge in [0.15, 0.2) is 23.3 Å². The number of sulfone groups is 1. The van der Waals surface area contributed by atoms with Gasteiger partial charge in [-0.15, -0.1) is 11.3 Å². The van der Waals surface area contributed by atoms with Gasteiger partial charge in [0.2, 0.25) is 11.8 Å². The Kier molecular flexibility index (Phi) is 25.1. The Morgan fingerprint density at radius 2 is 0.817 bits per heavy atom. The molecule has 0 saturated heterocycles. The molecule has 12 N–H and O–H groups in total. The van der Waals surface area contributed by atoms with Crippen molar-refractivity contribution in [3.8, 4) is 140 Å². The fourth-order valence-corrected chi connectivity index (χ4v) is 18.7. The number of para-hydroxylation sites is 4. The second kappa shape index (κ2) is 38.9. The van der Waals surface area contributed by atoms with Crippen LogP contribution >= 0.6 is 11.3 Å². The van der Waals surface area contributed by atoms with Gasteiger partial charge in [-0.25, -0.2) is 41.5 Å². The number of aromatic amines is 9. The molecule has 24 rings (SSSR count). The van der Waals surface area contributed by atoms with Crippen molar-refractivity contribution in [3.63, 3.8) is 0 Å². The first-order chi connectivity index (χ1) is 68.5. The zero-order valence-electron chi connectivity index (χ0n) is 76.0. The lowest BCUT2D eigenvalue weighted by molar-refractivity contribution is -0.119. The molecule has 0 atom stereocenters. The maximum absolute atomic E-state index is 14.6. The molecule has 28 nitrogen and oxygen atoms in total. The number of halogens is 3. The highest BCUT2D eigenvalue weighted by Gasteiger charge is 2.25. The quantitative estimate of drug-likeness (QED) is 0.0337. The number of H-pyrrole nitrogens is 9. The molecule has 0 radical (unpaired) electrons. The van der Waals surface area contributed by atoms with Crippen LogP contribution in [0.2, 0.25) is 0 Å². The summed E-state index contributed by atoms with van der Waals surface area (Å²) >= 11 is 1.76. The van der Waals surface area contributed by atoms with Crippen molar-refractivity contribution in [2.24, 2.45) is 5.92 Å². The minimum Gasteiger partial charge on any atom is -0.506 e. The van der Waals surface area contributed by atoms with Crippen LogP contribution in [0.25, 0.3) is 222 Å². The third-order valence-corrected chi connectivity index (χ3v) is 26.1. The van der Waals surface area contributed by atoms with Crippen LogP contribution in [0.1, 0.15) is 51.5 Å². The normalized spacial score (nSPS) is 11.5. The summed E-state index contributed by atoms with van der Waals surface area (Å²) in [6.45, 7) is 7.80. The summed E-state index contributed by atoms with van der Waals surface area (Å²) in [6, 6.07) is 74.8. The monoisotopic (exact) mass is 1920 g/mol. The van der Waals surface area contributed by atoms with E-state index in [1.165, 1.54) is 58.6 Å². The Bertz CT molecular complexity index is 9040. The standard InChI is InChI=1S/C32H29FN6O3S.C28H24N6OS.C25H16FN5O.C23H15FN6.CH4/c1-3-5-29(40)35-24-15-22(17-34-18-24)20-8-9-27-26(16-20)31(39-38-27)32-36-28-7-4-6-25(30(28)37-32)21-12-19(13-23(33)14-21)10-11-43(2,41)42;1-15(2)28(35)30-19-11-18(13-29-14-19)17-8-9-22-21(12-17)26(34-33-22)27-31-23-6-4-5-20(25(23)32-27)24-10-7-16(3)36-24;26-17-4-1-3-15(9-17)19-5-2-6-22-23(19)29-25(28-22)24-20-11-14(7-8-21(20)30-31-24)16-10-18(32)13-27-12-16;24-16-4-1-3-14(9-16)17-5-2-6-20-21(17)28-23(27-20)22-18-10-13(15-11-25-26-12-15)7-8-19(18)29-30-22;/h4,6-9,12-18H,3,5,10-11H2,1-2H3,(H,35,40)(H,36,37)(H,38,39);4-15H,1-3H3,(H,30,35)(H,31,32)(H,33,34);1-13,32H,(H,28,29)(H,30,31);1-12H,(H,25,26)(H,27,28)(H,29,30);1H4. The van der Waals surface area contributed by atoms with Gasteiger partial charge in [0.05, 0.1) is 108 Å². The second-order valence-electron chi connectivity index (χ2n) is 34.4. The van der Waals surface area contributed by atoms with Crippen molar-refractivity contribution < 1.29 is 36.3 Å². The lowest BCUT2D eigenvalue weighted by Crippen LogP contribution is -2.17. The van der Waals surface area contributed by atoms with Gasteiger partial charge < -0.3 is 35.7 Å². The molecule has 11 aromatic carbocycles. The number of fused-ring (bicyclic) bond motifs is 8. The maximum Gasteiger partial charge on any atom is 0.226 e. The number of hydrogen-bond donors (Lipinski definition) is 12. The number of nitrogens with zero attached hydrogens (tertiary/aromatic N) is 12. The fraction of sp³-hybridized carbons (Fsp3) is 0.101. The summed E-state index contributed by atoms with van der Waals surface area (Å²) in [5.41, 5.74) is 27.8. The predicted octanol–water partition coefficient (Wildman–Crippen LogP) is 24.7. The van der Waals surface area contributed by atoms with Gasteiger partial charge in [-0.05, 0) is 204 Å². The topological polar surface area (TPSA) is 409 Å². The first kappa shape index (κ1) is 91.8. The van der Waals surface area contributed by atoms with E-state index in [-0.39, 0.29) is 54.7 Å². The molecule has 0 aliphatic rings. The number of carbonyl (C=O) groups is 2. The van der Waals surface area contributed by atoms with Crippen molar-refractivity contribution in [2.45, 2.75) is 54.4 Å². The number of hydrogen-bond acceptors (Lipinski definition) is 18. The largest absolute Gasteiger partial charge is 0.506 e. The number of aromatic nitrogens is 21. The molecule has 702 valence electrons. The van der Waals surface area contributed by atoms with Gasteiger partial charge in [0.25, 0.3) is 0 Å². The van der Waals surface area contributed by atoms with Gasteiger partial charge in [-0.1, -0.05) is 131 Å². The van der Waals surface area contributed by atoms with Crippen LogP contribution in [0.5, 0.6) is 5.75 Å². The van der Waals surface area contributed by atoms with E-state index in [1.807, 2.05) is 179 Å². The van der Waals surface area contributed by atoms with Crippen LogP contribution in [-0.2, 0) is 25.8 Å². The third kappa shape index (κ3) is 19.2. The van der Waals surface area contributed by atoms with Crippen LogP contribution in [0.3, 0.4) is 0 Å². The molecule has 0 aliphatic carbocycles. The second-order valence-corrected chi connectivity index (χ2v) is 38.0. The lowest BCUT2D eigenvalue weighted by Gasteiger charge is -2.09.